The number of benzene rings is 1. The first kappa shape index (κ1) is 15.4. The van der Waals surface area contributed by atoms with E-state index in [0.717, 1.165) is 12.2 Å². The van der Waals surface area contributed by atoms with Crippen LogP contribution in [-0.4, -0.2) is 29.0 Å². The number of hydrogen-bond donors (Lipinski definition) is 1. The Labute approximate surface area is 116 Å². The lowest BCUT2D eigenvalue weighted by Crippen LogP contribution is -2.31. The van der Waals surface area contributed by atoms with Gasteiger partial charge in [0.15, 0.2) is 0 Å². The lowest BCUT2D eigenvalue weighted by Gasteiger charge is -2.26. The molecule has 0 bridgehead atoms. The average Bonchev–Trinajstić information content (AvgIpc) is 2.33. The fourth-order valence-corrected chi connectivity index (χ4v) is 2.58. The predicted octanol–water partition coefficient (Wildman–Crippen LogP) is 3.62. The monoisotopic (exact) mass is 266 g/mol. The van der Waals surface area contributed by atoms with Gasteiger partial charge < -0.3 is 5.73 Å². The number of nitrogens with two attached hydrogens (primary N) is 1. The maximum absolute atomic E-state index is 5.83. The molecule has 18 heavy (non-hydrogen) atoms. The Kier molecular flexibility index (Phi) is 7.21. The van der Waals surface area contributed by atoms with E-state index < -0.39 is 0 Å². The SMILES string of the molecule is CCSCCCN(Cc1cccc(N)c1)C(C)C. The van der Waals surface area contributed by atoms with Crippen molar-refractivity contribution in [3.8, 4) is 0 Å². The molecule has 0 saturated heterocycles. The molecule has 1 rings (SSSR count). The Bertz CT molecular complexity index is 339. The molecule has 0 radical (unpaired) electrons. The molecule has 1 aromatic rings. The van der Waals surface area contributed by atoms with Gasteiger partial charge in [-0.2, -0.15) is 11.8 Å². The van der Waals surface area contributed by atoms with E-state index in [0.29, 0.717) is 6.04 Å². The number of nitrogen functional groups attached to an aromatic ring is 1. The third kappa shape index (κ3) is 5.78. The molecule has 0 aromatic heterocycles. The summed E-state index contributed by atoms with van der Waals surface area (Å²) in [6.45, 7) is 8.91. The number of hydrogen-bond acceptors (Lipinski definition) is 3. The average molecular weight is 266 g/mol. The van der Waals surface area contributed by atoms with E-state index in [1.165, 1.54) is 30.0 Å². The highest BCUT2D eigenvalue weighted by molar-refractivity contribution is 7.99. The second-order valence-electron chi connectivity index (χ2n) is 4.86. The van der Waals surface area contributed by atoms with Crippen LogP contribution in [0.4, 0.5) is 5.69 Å². The Morgan fingerprint density at radius 1 is 1.33 bits per heavy atom. The molecule has 2 N–H and O–H groups in total. The summed E-state index contributed by atoms with van der Waals surface area (Å²) in [6, 6.07) is 8.80. The van der Waals surface area contributed by atoms with Gasteiger partial charge in [0, 0.05) is 18.3 Å². The van der Waals surface area contributed by atoms with Crippen LogP contribution in [0.25, 0.3) is 0 Å². The summed E-state index contributed by atoms with van der Waals surface area (Å²) in [5.74, 6) is 2.48. The van der Waals surface area contributed by atoms with Crippen molar-refractivity contribution < 1.29 is 0 Å². The first-order chi connectivity index (χ1) is 8.63. The Hall–Kier alpha value is -0.670. The van der Waals surface area contributed by atoms with Crippen LogP contribution >= 0.6 is 11.8 Å². The fraction of sp³-hybridized carbons (Fsp3) is 0.600. The molecule has 0 atom stereocenters. The van der Waals surface area contributed by atoms with Crippen LogP contribution in [0.15, 0.2) is 24.3 Å². The molecule has 0 aliphatic carbocycles. The lowest BCUT2D eigenvalue weighted by atomic mass is 10.1. The fourth-order valence-electron chi connectivity index (χ4n) is 1.96. The Morgan fingerprint density at radius 3 is 2.72 bits per heavy atom. The van der Waals surface area contributed by atoms with Crippen LogP contribution in [0, 0.1) is 0 Å². The van der Waals surface area contributed by atoms with Gasteiger partial charge in [0.25, 0.3) is 0 Å². The molecule has 3 heteroatoms. The molecule has 2 nitrogen and oxygen atoms in total. The Morgan fingerprint density at radius 2 is 2.11 bits per heavy atom. The van der Waals surface area contributed by atoms with Gasteiger partial charge in [-0.1, -0.05) is 19.1 Å². The maximum atomic E-state index is 5.83. The number of rotatable bonds is 8. The number of nitrogens with zero attached hydrogens (tertiary/aromatic N) is 1. The van der Waals surface area contributed by atoms with E-state index >= 15 is 0 Å². The van der Waals surface area contributed by atoms with Gasteiger partial charge in [-0.15, -0.1) is 0 Å². The van der Waals surface area contributed by atoms with E-state index in [9.17, 15) is 0 Å². The van der Waals surface area contributed by atoms with E-state index in [-0.39, 0.29) is 0 Å². The summed E-state index contributed by atoms with van der Waals surface area (Å²) >= 11 is 2.02. The molecule has 0 unspecified atom stereocenters. The van der Waals surface area contributed by atoms with Crippen molar-refractivity contribution in [2.75, 3.05) is 23.8 Å². The van der Waals surface area contributed by atoms with Crippen LogP contribution in [0.2, 0.25) is 0 Å². The minimum atomic E-state index is 0.582. The standard InChI is InChI=1S/C15H26N2S/c1-4-18-10-6-9-17(13(2)3)12-14-7-5-8-15(16)11-14/h5,7-8,11,13H,4,6,9-10,12,16H2,1-3H3. The predicted molar refractivity (Wildman–Crippen MR) is 84.0 cm³/mol. The summed E-state index contributed by atoms with van der Waals surface area (Å²) in [6.07, 6.45) is 1.26. The van der Waals surface area contributed by atoms with Crippen molar-refractivity contribution in [2.45, 2.75) is 39.8 Å². The lowest BCUT2D eigenvalue weighted by molar-refractivity contribution is 0.214. The van der Waals surface area contributed by atoms with E-state index in [4.69, 9.17) is 5.73 Å². The third-order valence-corrected chi connectivity index (χ3v) is 3.99. The normalized spacial score (nSPS) is 11.4. The van der Waals surface area contributed by atoms with Gasteiger partial charge >= 0.3 is 0 Å². The van der Waals surface area contributed by atoms with Gasteiger partial charge in [-0.05, 0) is 56.0 Å². The van der Waals surface area contributed by atoms with Gasteiger partial charge in [0.2, 0.25) is 0 Å². The maximum Gasteiger partial charge on any atom is 0.0317 e. The van der Waals surface area contributed by atoms with Crippen molar-refractivity contribution in [3.63, 3.8) is 0 Å². The number of thioether (sulfide) groups is 1. The summed E-state index contributed by atoms with van der Waals surface area (Å²) in [5.41, 5.74) is 8.00. The van der Waals surface area contributed by atoms with Crippen LogP contribution in [-0.2, 0) is 6.54 Å². The highest BCUT2D eigenvalue weighted by atomic mass is 32.2. The largest absolute Gasteiger partial charge is 0.399 e. The van der Waals surface area contributed by atoms with E-state index in [2.05, 4.69) is 37.8 Å². The second kappa shape index (κ2) is 8.44. The molecule has 0 fully saturated rings. The summed E-state index contributed by atoms with van der Waals surface area (Å²) < 4.78 is 0. The second-order valence-corrected chi connectivity index (χ2v) is 6.25. The molecule has 0 aliphatic rings. The van der Waals surface area contributed by atoms with Crippen molar-refractivity contribution in [1.29, 1.82) is 0 Å². The Balaban J connectivity index is 2.47. The van der Waals surface area contributed by atoms with Gasteiger partial charge in [0.05, 0.1) is 0 Å². The molecular weight excluding hydrogens is 240 g/mol. The quantitative estimate of drug-likeness (QED) is 0.575. The molecule has 1 aromatic carbocycles. The summed E-state index contributed by atoms with van der Waals surface area (Å²) in [5, 5.41) is 0. The smallest absolute Gasteiger partial charge is 0.0317 e. The van der Waals surface area contributed by atoms with Crippen molar-refractivity contribution in [1.82, 2.24) is 4.90 Å². The van der Waals surface area contributed by atoms with Crippen molar-refractivity contribution in [2.24, 2.45) is 0 Å². The van der Waals surface area contributed by atoms with Crippen molar-refractivity contribution >= 4 is 17.4 Å². The highest BCUT2D eigenvalue weighted by Gasteiger charge is 2.09. The van der Waals surface area contributed by atoms with E-state index in [1.54, 1.807) is 0 Å². The van der Waals surface area contributed by atoms with Gasteiger partial charge in [-0.3, -0.25) is 4.90 Å². The molecule has 0 aliphatic heterocycles. The molecule has 0 amide bonds. The van der Waals surface area contributed by atoms with Gasteiger partial charge in [-0.25, -0.2) is 0 Å². The molecule has 0 heterocycles. The summed E-state index contributed by atoms with van der Waals surface area (Å²) in [7, 11) is 0. The van der Waals surface area contributed by atoms with Crippen LogP contribution < -0.4 is 5.73 Å². The molecule has 102 valence electrons. The first-order valence-electron chi connectivity index (χ1n) is 6.79. The first-order valence-corrected chi connectivity index (χ1v) is 7.95. The number of anilines is 1. The summed E-state index contributed by atoms with van der Waals surface area (Å²) in [4.78, 5) is 2.52. The zero-order valence-electron chi connectivity index (χ0n) is 11.9. The van der Waals surface area contributed by atoms with Crippen molar-refractivity contribution in [3.05, 3.63) is 29.8 Å². The third-order valence-electron chi connectivity index (χ3n) is 3.01. The van der Waals surface area contributed by atoms with Crippen LogP contribution in [0.5, 0.6) is 0 Å². The topological polar surface area (TPSA) is 29.3 Å². The minimum absolute atomic E-state index is 0.582. The highest BCUT2D eigenvalue weighted by Crippen LogP contribution is 2.13. The molecule has 0 spiro atoms. The zero-order chi connectivity index (χ0) is 13.4. The van der Waals surface area contributed by atoms with Gasteiger partial charge in [0.1, 0.15) is 0 Å². The van der Waals surface area contributed by atoms with Crippen LogP contribution in [0.1, 0.15) is 32.8 Å². The minimum Gasteiger partial charge on any atom is -0.399 e. The zero-order valence-corrected chi connectivity index (χ0v) is 12.7. The molecule has 0 saturated carbocycles. The van der Waals surface area contributed by atoms with E-state index in [1.807, 2.05) is 23.9 Å². The molecular formula is C15H26N2S. The van der Waals surface area contributed by atoms with Crippen LogP contribution in [0.3, 0.4) is 0 Å².